The van der Waals surface area contributed by atoms with E-state index in [-0.39, 0.29) is 37.5 Å². The zero-order valence-corrected chi connectivity index (χ0v) is 42.5. The van der Waals surface area contributed by atoms with Crippen LogP contribution >= 0.6 is 0 Å². The highest BCUT2D eigenvalue weighted by atomic mass is 16.6. The molecule has 0 heterocycles. The highest BCUT2D eigenvalue weighted by Crippen LogP contribution is 2.15. The summed E-state index contributed by atoms with van der Waals surface area (Å²) in [6.07, 6.45) is 68.6. The molecule has 0 fully saturated rings. The van der Waals surface area contributed by atoms with Gasteiger partial charge in [-0.3, -0.25) is 14.4 Å². The Labute approximate surface area is 401 Å². The predicted octanol–water partition coefficient (Wildman–Crippen LogP) is 18.0. The molecule has 0 rings (SSSR count). The summed E-state index contributed by atoms with van der Waals surface area (Å²) in [5.41, 5.74) is 0. The van der Waals surface area contributed by atoms with Gasteiger partial charge in [0.2, 0.25) is 0 Å². The fourth-order valence-electron chi connectivity index (χ4n) is 7.41. The summed E-state index contributed by atoms with van der Waals surface area (Å²) >= 11 is 0. The summed E-state index contributed by atoms with van der Waals surface area (Å²) in [6.45, 7) is 6.48. The van der Waals surface area contributed by atoms with Crippen LogP contribution in [0.1, 0.15) is 252 Å². The average Bonchev–Trinajstić information content (AvgIpc) is 3.30. The molecule has 0 saturated heterocycles. The number of hydrogen-bond acceptors (Lipinski definition) is 6. The van der Waals surface area contributed by atoms with Crippen molar-refractivity contribution in [1.29, 1.82) is 0 Å². The highest BCUT2D eigenvalue weighted by Gasteiger charge is 2.19. The van der Waals surface area contributed by atoms with E-state index in [1.54, 1.807) is 0 Å². The molecule has 6 heteroatoms. The Morgan fingerprint density at radius 1 is 0.323 bits per heavy atom. The third-order valence-corrected chi connectivity index (χ3v) is 11.5. The first-order chi connectivity index (χ1) is 32.0. The lowest BCUT2D eigenvalue weighted by molar-refractivity contribution is -0.166. The second-order valence-electron chi connectivity index (χ2n) is 17.9. The van der Waals surface area contributed by atoms with E-state index in [2.05, 4.69) is 75.5 Å². The molecule has 0 saturated carbocycles. The van der Waals surface area contributed by atoms with Gasteiger partial charge in [-0.1, -0.05) is 260 Å². The zero-order valence-electron chi connectivity index (χ0n) is 42.5. The lowest BCUT2D eigenvalue weighted by atomic mass is 10.0. The summed E-state index contributed by atoms with van der Waals surface area (Å²) in [5, 5.41) is 0. The number of unbranched alkanes of at least 4 members (excludes halogenated alkanes) is 27. The van der Waals surface area contributed by atoms with E-state index in [1.165, 1.54) is 128 Å². The molecule has 0 aliphatic carbocycles. The Morgan fingerprint density at radius 3 is 1.14 bits per heavy atom. The van der Waals surface area contributed by atoms with Gasteiger partial charge in [-0.15, -0.1) is 0 Å². The van der Waals surface area contributed by atoms with Gasteiger partial charge in [0.05, 0.1) is 0 Å². The Morgan fingerprint density at radius 2 is 0.677 bits per heavy atom. The summed E-state index contributed by atoms with van der Waals surface area (Å²) in [4.78, 5) is 38.0. The summed E-state index contributed by atoms with van der Waals surface area (Å²) in [6, 6.07) is 0. The molecular weight excluding hydrogens is 805 g/mol. The van der Waals surface area contributed by atoms with Crippen molar-refractivity contribution in [3.8, 4) is 0 Å². The summed E-state index contributed by atoms with van der Waals surface area (Å²) in [7, 11) is 0. The number of ether oxygens (including phenoxy) is 3. The van der Waals surface area contributed by atoms with Crippen molar-refractivity contribution in [3.05, 3.63) is 85.1 Å². The van der Waals surface area contributed by atoms with Crippen LogP contribution in [0.25, 0.3) is 0 Å². The van der Waals surface area contributed by atoms with E-state index in [1.807, 2.05) is 30.4 Å². The van der Waals surface area contributed by atoms with Gasteiger partial charge in [0.25, 0.3) is 0 Å². The molecular formula is C59H100O6. The van der Waals surface area contributed by atoms with E-state index in [0.29, 0.717) is 19.3 Å². The molecule has 0 aliphatic rings. The first-order valence-electron chi connectivity index (χ1n) is 27.2. The first-order valence-corrected chi connectivity index (χ1v) is 27.2. The summed E-state index contributed by atoms with van der Waals surface area (Å²) < 4.78 is 16.8. The van der Waals surface area contributed by atoms with Gasteiger partial charge < -0.3 is 14.2 Å². The van der Waals surface area contributed by atoms with Crippen LogP contribution in [0.5, 0.6) is 0 Å². The van der Waals surface area contributed by atoms with Crippen LogP contribution in [-0.2, 0) is 28.6 Å². The van der Waals surface area contributed by atoms with E-state index in [9.17, 15) is 14.4 Å². The normalized spacial score (nSPS) is 12.7. The predicted molar refractivity (Wildman–Crippen MR) is 279 cm³/mol. The molecule has 6 nitrogen and oxygen atoms in total. The van der Waals surface area contributed by atoms with E-state index in [0.717, 1.165) is 77.0 Å². The Balaban J connectivity index is 4.48. The molecule has 0 aromatic heterocycles. The Kier molecular flexibility index (Phi) is 50.4. The van der Waals surface area contributed by atoms with Crippen molar-refractivity contribution in [2.75, 3.05) is 13.2 Å². The van der Waals surface area contributed by atoms with Crippen molar-refractivity contribution >= 4 is 17.9 Å². The largest absolute Gasteiger partial charge is 0.462 e. The molecule has 372 valence electrons. The fourth-order valence-corrected chi connectivity index (χ4v) is 7.41. The lowest BCUT2D eigenvalue weighted by Gasteiger charge is -2.18. The number of carbonyl (C=O) groups excluding carboxylic acids is 3. The van der Waals surface area contributed by atoms with Crippen LogP contribution in [0.15, 0.2) is 85.1 Å². The van der Waals surface area contributed by atoms with Gasteiger partial charge >= 0.3 is 17.9 Å². The third kappa shape index (κ3) is 51.4. The second kappa shape index (κ2) is 53.2. The lowest BCUT2D eigenvalue weighted by Crippen LogP contribution is -2.30. The molecule has 0 bridgehead atoms. The smallest absolute Gasteiger partial charge is 0.306 e. The fraction of sp³-hybridized carbons (Fsp3) is 0.712. The van der Waals surface area contributed by atoms with Crippen molar-refractivity contribution < 1.29 is 28.6 Å². The van der Waals surface area contributed by atoms with E-state index in [4.69, 9.17) is 14.2 Å². The molecule has 1 unspecified atom stereocenters. The Hall–Kier alpha value is -3.41. The van der Waals surface area contributed by atoms with Crippen LogP contribution in [0, 0.1) is 0 Å². The van der Waals surface area contributed by atoms with Gasteiger partial charge in [0.1, 0.15) is 13.2 Å². The van der Waals surface area contributed by atoms with Crippen molar-refractivity contribution in [3.63, 3.8) is 0 Å². The minimum atomic E-state index is -0.808. The number of hydrogen-bond donors (Lipinski definition) is 0. The molecule has 0 amide bonds. The van der Waals surface area contributed by atoms with Gasteiger partial charge in [-0.05, 0) is 57.8 Å². The topological polar surface area (TPSA) is 78.9 Å². The van der Waals surface area contributed by atoms with E-state index >= 15 is 0 Å². The van der Waals surface area contributed by atoms with Crippen LogP contribution in [0.3, 0.4) is 0 Å². The van der Waals surface area contributed by atoms with Crippen LogP contribution < -0.4 is 0 Å². The molecule has 0 radical (unpaired) electrons. The molecule has 0 aliphatic heterocycles. The number of allylic oxidation sites excluding steroid dienone is 14. The minimum absolute atomic E-state index is 0.106. The first kappa shape index (κ1) is 61.6. The van der Waals surface area contributed by atoms with Gasteiger partial charge in [-0.25, -0.2) is 0 Å². The maximum absolute atomic E-state index is 12.8. The zero-order chi connectivity index (χ0) is 47.2. The molecule has 0 N–H and O–H groups in total. The van der Waals surface area contributed by atoms with E-state index < -0.39 is 6.10 Å². The number of esters is 3. The van der Waals surface area contributed by atoms with Crippen molar-refractivity contribution in [2.24, 2.45) is 0 Å². The minimum Gasteiger partial charge on any atom is -0.462 e. The maximum Gasteiger partial charge on any atom is 0.306 e. The van der Waals surface area contributed by atoms with Crippen molar-refractivity contribution in [2.45, 2.75) is 258 Å². The number of carbonyl (C=O) groups is 3. The second-order valence-corrected chi connectivity index (χ2v) is 17.9. The number of rotatable bonds is 48. The third-order valence-electron chi connectivity index (χ3n) is 11.5. The molecule has 0 spiro atoms. The van der Waals surface area contributed by atoms with Gasteiger partial charge in [0.15, 0.2) is 6.10 Å². The monoisotopic (exact) mass is 905 g/mol. The van der Waals surface area contributed by atoms with Gasteiger partial charge in [-0.2, -0.15) is 0 Å². The summed E-state index contributed by atoms with van der Waals surface area (Å²) in [5.74, 6) is -0.993. The molecule has 1 atom stereocenters. The molecule has 65 heavy (non-hydrogen) atoms. The highest BCUT2D eigenvalue weighted by molar-refractivity contribution is 5.71. The van der Waals surface area contributed by atoms with Crippen LogP contribution in [0.2, 0.25) is 0 Å². The SMILES string of the molecule is CCC\C=C/C=C\C=C/C=C\C=C/CCCCCCCC(=O)OCC(COC(=O)CC/C=C\C/C=C\CCCCCCCC)OC(=O)CCCCCCCCCCCCCCCCCC. The molecule has 0 aromatic rings. The van der Waals surface area contributed by atoms with Gasteiger partial charge in [0, 0.05) is 19.3 Å². The average molecular weight is 905 g/mol. The standard InChI is InChI=1S/C59H100O6/c1-4-7-10-13-16-19-22-25-27-29-30-32-34-37-40-43-46-49-52-58(61)64-55-56(54-63-57(60)51-48-45-42-39-36-33-24-21-18-15-12-9-6-3)65-59(62)53-50-47-44-41-38-35-31-28-26-23-20-17-14-11-8-5-2/h10,13,16,19,22,25,27,29-30,32-33,36,42,45,56H,4-9,11-12,14-15,17-18,20-21,23-24,26,28,31,34-35,37-41,43-44,46-55H2,1-3H3/b13-10-,19-16-,25-22-,29-27-,32-30-,36-33-,45-42-. The molecule has 0 aromatic carbocycles. The van der Waals surface area contributed by atoms with Crippen LogP contribution in [-0.4, -0.2) is 37.2 Å². The maximum atomic E-state index is 12.8. The quantitative estimate of drug-likeness (QED) is 0.0199. The Bertz CT molecular complexity index is 1270. The van der Waals surface area contributed by atoms with Crippen molar-refractivity contribution in [1.82, 2.24) is 0 Å². The van der Waals surface area contributed by atoms with Crippen LogP contribution in [0.4, 0.5) is 0 Å².